The number of aliphatic hydroxyl groups excluding tert-OH is 2. The van der Waals surface area contributed by atoms with Gasteiger partial charge in [-0.25, -0.2) is 0 Å². The molecule has 1 atom stereocenters. The van der Waals surface area contributed by atoms with Crippen molar-refractivity contribution in [1.82, 2.24) is 0 Å². The van der Waals surface area contributed by atoms with E-state index < -0.39 is 14.9 Å². The van der Waals surface area contributed by atoms with Gasteiger partial charge < -0.3 is 28.2 Å². The topological polar surface area (TPSA) is 77.4 Å². The Bertz CT molecular complexity index is 254. The number of ether oxygens (including phenoxy) is 1. The second kappa shape index (κ2) is 17.4. The molecule has 0 heterocycles. The average molecular weight is 381 g/mol. The Kier molecular flexibility index (Phi) is 17.4. The van der Waals surface area contributed by atoms with E-state index in [1.165, 1.54) is 0 Å². The number of rotatable bonds is 19. The summed E-state index contributed by atoms with van der Waals surface area (Å²) in [4.78, 5) is 0. The molecule has 0 radical (unpaired) electrons. The van der Waals surface area contributed by atoms with Gasteiger partial charge in [-0.2, -0.15) is 0 Å². The molecule has 0 aromatic heterocycles. The minimum atomic E-state index is -2.68. The molecule has 0 spiro atoms. The first-order valence-corrected chi connectivity index (χ1v) is 11.9. The fourth-order valence-corrected chi connectivity index (χ4v) is 4.75. The Morgan fingerprint density at radius 3 is 1.64 bits per heavy atom. The van der Waals surface area contributed by atoms with E-state index in [2.05, 4.69) is 20.8 Å². The number of aliphatic hydroxyl groups is 2. The fourth-order valence-electron chi connectivity index (χ4n) is 2.12. The third-order valence-corrected chi connectivity index (χ3v) is 6.65. The van der Waals surface area contributed by atoms with Crippen molar-refractivity contribution in [2.24, 2.45) is 0 Å². The first-order chi connectivity index (χ1) is 12.1. The second-order valence-corrected chi connectivity index (χ2v) is 9.04. The average Bonchev–Trinajstić information content (AvgIpc) is 2.61. The van der Waals surface area contributed by atoms with E-state index in [-0.39, 0.29) is 13.2 Å². The molecule has 0 aromatic carbocycles. The molecule has 0 aliphatic rings. The van der Waals surface area contributed by atoms with Crippen LogP contribution < -0.4 is 0 Å². The molecule has 0 aliphatic carbocycles. The summed E-state index contributed by atoms with van der Waals surface area (Å²) in [5.74, 6) is 0. The van der Waals surface area contributed by atoms with Gasteiger partial charge >= 0.3 is 8.80 Å². The molecule has 0 amide bonds. The predicted octanol–water partition coefficient (Wildman–Crippen LogP) is 3.14. The van der Waals surface area contributed by atoms with Gasteiger partial charge in [0.05, 0.1) is 13.2 Å². The van der Waals surface area contributed by atoms with Crippen LogP contribution in [0.3, 0.4) is 0 Å². The molecule has 0 aromatic rings. The molecule has 0 bridgehead atoms. The molecule has 7 heteroatoms. The lowest BCUT2D eigenvalue weighted by Gasteiger charge is -2.30. The van der Waals surface area contributed by atoms with Crippen LogP contribution >= 0.6 is 0 Å². The molecule has 0 aliphatic heterocycles. The van der Waals surface area contributed by atoms with Crippen LogP contribution in [0.5, 0.6) is 0 Å². The van der Waals surface area contributed by atoms with E-state index in [1.54, 1.807) is 0 Å². The highest BCUT2D eigenvalue weighted by Gasteiger charge is 2.40. The predicted molar refractivity (Wildman–Crippen MR) is 102 cm³/mol. The van der Waals surface area contributed by atoms with Gasteiger partial charge in [-0.3, -0.25) is 0 Å². The highest BCUT2D eigenvalue weighted by molar-refractivity contribution is 6.60. The van der Waals surface area contributed by atoms with E-state index in [4.69, 9.17) is 23.1 Å². The van der Waals surface area contributed by atoms with Crippen LogP contribution in [0.15, 0.2) is 0 Å². The van der Waals surface area contributed by atoms with Crippen molar-refractivity contribution in [3.05, 3.63) is 0 Å². The SMILES string of the molecule is CCCCO[Si](CCCOCC(O)CO)(OCCCC)OCCCC. The Labute approximate surface area is 155 Å². The van der Waals surface area contributed by atoms with Crippen molar-refractivity contribution in [3.8, 4) is 0 Å². The summed E-state index contributed by atoms with van der Waals surface area (Å²) in [6.07, 6.45) is 6.19. The molecule has 0 saturated carbocycles. The lowest BCUT2D eigenvalue weighted by Crippen LogP contribution is -2.47. The van der Waals surface area contributed by atoms with Crippen molar-refractivity contribution < 1.29 is 28.2 Å². The van der Waals surface area contributed by atoms with Crippen molar-refractivity contribution in [1.29, 1.82) is 0 Å². The zero-order valence-corrected chi connectivity index (χ0v) is 17.5. The second-order valence-electron chi connectivity index (χ2n) is 6.30. The molecule has 25 heavy (non-hydrogen) atoms. The lowest BCUT2D eigenvalue weighted by molar-refractivity contribution is 0.00421. The summed E-state index contributed by atoms with van der Waals surface area (Å²) < 4.78 is 23.9. The molecular weight excluding hydrogens is 340 g/mol. The van der Waals surface area contributed by atoms with Gasteiger partial charge in [-0.05, 0) is 25.7 Å². The van der Waals surface area contributed by atoms with Crippen LogP contribution in [0, 0.1) is 0 Å². The Hall–Kier alpha value is -0.0231. The van der Waals surface area contributed by atoms with Crippen molar-refractivity contribution in [2.45, 2.75) is 77.9 Å². The van der Waals surface area contributed by atoms with Gasteiger partial charge in [0, 0.05) is 32.5 Å². The number of unbranched alkanes of at least 4 members (excludes halogenated alkanes) is 3. The van der Waals surface area contributed by atoms with E-state index in [0.29, 0.717) is 26.4 Å². The third kappa shape index (κ3) is 13.8. The minimum Gasteiger partial charge on any atom is -0.394 e. The summed E-state index contributed by atoms with van der Waals surface area (Å²) >= 11 is 0. The highest BCUT2D eigenvalue weighted by atomic mass is 28.4. The number of hydrogen-bond donors (Lipinski definition) is 2. The summed E-state index contributed by atoms with van der Waals surface area (Å²) in [6, 6.07) is 0.722. The standard InChI is InChI=1S/C18H40O6Si/c1-4-7-12-22-25(23-13-8-5-2,24-14-9-6-3)15-10-11-21-17-18(20)16-19/h18-20H,4-17H2,1-3H3. The van der Waals surface area contributed by atoms with E-state index in [0.717, 1.165) is 51.0 Å². The first-order valence-electron chi connectivity index (χ1n) is 9.92. The van der Waals surface area contributed by atoms with Gasteiger partial charge in [-0.1, -0.05) is 40.0 Å². The van der Waals surface area contributed by atoms with Crippen molar-refractivity contribution >= 4 is 8.80 Å². The van der Waals surface area contributed by atoms with Gasteiger partial charge in [0.2, 0.25) is 0 Å². The molecule has 2 N–H and O–H groups in total. The van der Waals surface area contributed by atoms with Gasteiger partial charge in [0.1, 0.15) is 6.10 Å². The summed E-state index contributed by atoms with van der Waals surface area (Å²) in [7, 11) is -2.68. The molecule has 1 unspecified atom stereocenters. The summed E-state index contributed by atoms with van der Waals surface area (Å²) in [5, 5.41) is 18.1. The maximum atomic E-state index is 9.31. The third-order valence-electron chi connectivity index (χ3n) is 3.75. The molecule has 0 fully saturated rings. The zero-order valence-electron chi connectivity index (χ0n) is 16.5. The van der Waals surface area contributed by atoms with Gasteiger partial charge in [0.15, 0.2) is 0 Å². The van der Waals surface area contributed by atoms with Crippen molar-refractivity contribution in [3.63, 3.8) is 0 Å². The summed E-state index contributed by atoms with van der Waals surface area (Å²) in [6.45, 7) is 8.81. The van der Waals surface area contributed by atoms with Crippen LogP contribution in [0.4, 0.5) is 0 Å². The van der Waals surface area contributed by atoms with E-state index in [9.17, 15) is 5.11 Å². The van der Waals surface area contributed by atoms with Gasteiger partial charge in [0.25, 0.3) is 0 Å². The lowest BCUT2D eigenvalue weighted by atomic mass is 10.4. The zero-order chi connectivity index (χ0) is 18.8. The largest absolute Gasteiger partial charge is 0.501 e. The maximum Gasteiger partial charge on any atom is 0.501 e. The van der Waals surface area contributed by atoms with Crippen molar-refractivity contribution in [2.75, 3.05) is 39.6 Å². The fraction of sp³-hybridized carbons (Fsp3) is 1.00. The molecule has 0 saturated heterocycles. The Morgan fingerprint density at radius 2 is 1.24 bits per heavy atom. The van der Waals surface area contributed by atoms with Crippen LogP contribution in [0.25, 0.3) is 0 Å². The monoisotopic (exact) mass is 380 g/mol. The smallest absolute Gasteiger partial charge is 0.394 e. The van der Waals surface area contributed by atoms with Crippen LogP contribution in [-0.2, 0) is 18.0 Å². The first kappa shape index (κ1) is 25.0. The Morgan fingerprint density at radius 1 is 0.760 bits per heavy atom. The quantitative estimate of drug-likeness (QED) is 0.265. The molecule has 0 rings (SSSR count). The van der Waals surface area contributed by atoms with E-state index >= 15 is 0 Å². The Balaban J connectivity index is 4.53. The number of hydrogen-bond acceptors (Lipinski definition) is 6. The highest BCUT2D eigenvalue weighted by Crippen LogP contribution is 2.20. The molecule has 6 nitrogen and oxygen atoms in total. The minimum absolute atomic E-state index is 0.148. The van der Waals surface area contributed by atoms with E-state index in [1.807, 2.05) is 0 Å². The van der Waals surface area contributed by atoms with Crippen LogP contribution in [0.2, 0.25) is 6.04 Å². The molecular formula is C18H40O6Si. The molecule has 152 valence electrons. The van der Waals surface area contributed by atoms with Crippen LogP contribution in [0.1, 0.15) is 65.7 Å². The maximum absolute atomic E-state index is 9.31. The normalized spacial score (nSPS) is 13.3. The summed E-state index contributed by atoms with van der Waals surface area (Å²) in [5.41, 5.74) is 0. The van der Waals surface area contributed by atoms with Crippen LogP contribution in [-0.4, -0.2) is 64.8 Å². The van der Waals surface area contributed by atoms with Gasteiger partial charge in [-0.15, -0.1) is 0 Å².